The van der Waals surface area contributed by atoms with E-state index in [4.69, 9.17) is 15.2 Å². The minimum Gasteiger partial charge on any atom is -0.460 e. The van der Waals surface area contributed by atoms with E-state index in [1.807, 2.05) is 0 Å². The maximum absolute atomic E-state index is 11.5. The number of carbonyl (C=O) groups is 1. The number of fused-ring (bicyclic) bond motifs is 1. The van der Waals surface area contributed by atoms with Gasteiger partial charge in [0.15, 0.2) is 11.6 Å². The number of amides is 1. The Morgan fingerprint density at radius 1 is 1.38 bits per heavy atom. The highest BCUT2D eigenvalue weighted by Gasteiger charge is 2.28. The SMILES string of the molecule is Cc1nc(CCN2CCOCC2)c2c(n1)NC(=O)C(N)O2. The van der Waals surface area contributed by atoms with Crippen LogP contribution in [0.25, 0.3) is 0 Å². The molecule has 2 aliphatic rings. The molecule has 1 fully saturated rings. The van der Waals surface area contributed by atoms with Crippen LogP contribution in [0, 0.1) is 6.92 Å². The summed E-state index contributed by atoms with van der Waals surface area (Å²) < 4.78 is 10.8. The fourth-order valence-corrected chi connectivity index (χ4v) is 2.46. The van der Waals surface area contributed by atoms with Gasteiger partial charge in [-0.1, -0.05) is 0 Å². The summed E-state index contributed by atoms with van der Waals surface area (Å²) >= 11 is 0. The number of carbonyl (C=O) groups excluding carboxylic acids is 1. The third kappa shape index (κ3) is 3.12. The first kappa shape index (κ1) is 14.2. The normalized spacial score (nSPS) is 22.4. The van der Waals surface area contributed by atoms with E-state index in [2.05, 4.69) is 20.2 Å². The van der Waals surface area contributed by atoms with E-state index in [-0.39, 0.29) is 5.91 Å². The first-order chi connectivity index (χ1) is 10.1. The first-order valence-corrected chi connectivity index (χ1v) is 7.04. The number of hydrogen-bond donors (Lipinski definition) is 2. The van der Waals surface area contributed by atoms with Gasteiger partial charge >= 0.3 is 0 Å². The summed E-state index contributed by atoms with van der Waals surface area (Å²) in [5.74, 6) is 1.11. The number of anilines is 1. The van der Waals surface area contributed by atoms with E-state index in [0.717, 1.165) is 38.5 Å². The molecular formula is C13H19N5O3. The van der Waals surface area contributed by atoms with Crippen molar-refractivity contribution in [2.45, 2.75) is 19.6 Å². The third-order valence-corrected chi connectivity index (χ3v) is 3.56. The maximum Gasteiger partial charge on any atom is 0.281 e. The van der Waals surface area contributed by atoms with Crippen LogP contribution in [0.15, 0.2) is 0 Å². The number of nitrogens with zero attached hydrogens (tertiary/aromatic N) is 3. The molecule has 1 atom stereocenters. The van der Waals surface area contributed by atoms with Gasteiger partial charge in [-0.25, -0.2) is 9.97 Å². The van der Waals surface area contributed by atoms with Crippen molar-refractivity contribution in [2.75, 3.05) is 38.2 Å². The Hall–Kier alpha value is -1.77. The van der Waals surface area contributed by atoms with Gasteiger partial charge in [0, 0.05) is 26.1 Å². The summed E-state index contributed by atoms with van der Waals surface area (Å²) in [6.07, 6.45) is -0.292. The van der Waals surface area contributed by atoms with Crippen LogP contribution in [-0.4, -0.2) is 59.9 Å². The highest BCUT2D eigenvalue weighted by molar-refractivity contribution is 5.96. The lowest BCUT2D eigenvalue weighted by Gasteiger charge is -2.27. The molecule has 3 rings (SSSR count). The molecule has 3 N–H and O–H groups in total. The monoisotopic (exact) mass is 293 g/mol. The molecule has 0 bridgehead atoms. The van der Waals surface area contributed by atoms with Gasteiger partial charge in [0.25, 0.3) is 5.91 Å². The van der Waals surface area contributed by atoms with Gasteiger partial charge in [0.2, 0.25) is 6.23 Å². The Morgan fingerprint density at radius 3 is 2.90 bits per heavy atom. The van der Waals surface area contributed by atoms with Crippen LogP contribution in [0.1, 0.15) is 11.5 Å². The fraction of sp³-hybridized carbons (Fsp3) is 0.615. The average Bonchev–Trinajstić information content (AvgIpc) is 2.48. The number of nitrogens with two attached hydrogens (primary N) is 1. The van der Waals surface area contributed by atoms with E-state index < -0.39 is 6.23 Å². The summed E-state index contributed by atoms with van der Waals surface area (Å²) in [5, 5.41) is 2.66. The van der Waals surface area contributed by atoms with E-state index in [9.17, 15) is 4.79 Å². The lowest BCUT2D eigenvalue weighted by Crippen LogP contribution is -2.44. The smallest absolute Gasteiger partial charge is 0.281 e. The predicted molar refractivity (Wildman–Crippen MR) is 75.0 cm³/mol. The molecule has 1 saturated heterocycles. The Balaban J connectivity index is 1.76. The van der Waals surface area contributed by atoms with Crippen molar-refractivity contribution < 1.29 is 14.3 Å². The predicted octanol–water partition coefficient (Wildman–Crippen LogP) is -0.725. The van der Waals surface area contributed by atoms with Crippen molar-refractivity contribution in [2.24, 2.45) is 5.73 Å². The molecule has 0 saturated carbocycles. The lowest BCUT2D eigenvalue weighted by atomic mass is 10.2. The number of aryl methyl sites for hydroxylation is 1. The van der Waals surface area contributed by atoms with E-state index in [1.54, 1.807) is 6.92 Å². The van der Waals surface area contributed by atoms with Crippen LogP contribution in [0.2, 0.25) is 0 Å². The molecule has 1 unspecified atom stereocenters. The molecule has 3 heterocycles. The van der Waals surface area contributed by atoms with Crippen molar-refractivity contribution in [1.82, 2.24) is 14.9 Å². The molecule has 0 aliphatic carbocycles. The summed E-state index contributed by atoms with van der Waals surface area (Å²) in [6, 6.07) is 0. The quantitative estimate of drug-likeness (QED) is 0.757. The highest BCUT2D eigenvalue weighted by atomic mass is 16.5. The molecule has 114 valence electrons. The van der Waals surface area contributed by atoms with Gasteiger partial charge in [0.1, 0.15) is 5.82 Å². The summed E-state index contributed by atoms with van der Waals surface area (Å²) in [5.41, 5.74) is 6.40. The Bertz CT molecular complexity index is 545. The molecule has 1 amide bonds. The molecule has 1 aromatic heterocycles. The molecule has 1 aromatic rings. The summed E-state index contributed by atoms with van der Waals surface area (Å²) in [4.78, 5) is 22.5. The lowest BCUT2D eigenvalue weighted by molar-refractivity contribution is -0.123. The highest BCUT2D eigenvalue weighted by Crippen LogP contribution is 2.30. The fourth-order valence-electron chi connectivity index (χ4n) is 2.46. The van der Waals surface area contributed by atoms with Crippen molar-refractivity contribution >= 4 is 11.7 Å². The zero-order valence-corrected chi connectivity index (χ0v) is 12.0. The molecule has 0 spiro atoms. The van der Waals surface area contributed by atoms with E-state index in [0.29, 0.717) is 23.8 Å². The maximum atomic E-state index is 11.5. The van der Waals surface area contributed by atoms with Gasteiger partial charge in [-0.05, 0) is 6.92 Å². The summed E-state index contributed by atoms with van der Waals surface area (Å²) in [7, 11) is 0. The van der Waals surface area contributed by atoms with Crippen LogP contribution < -0.4 is 15.8 Å². The molecule has 8 heteroatoms. The zero-order valence-electron chi connectivity index (χ0n) is 12.0. The number of ether oxygens (including phenoxy) is 2. The molecule has 8 nitrogen and oxygen atoms in total. The Labute approximate surface area is 122 Å². The van der Waals surface area contributed by atoms with Gasteiger partial charge in [-0.3, -0.25) is 15.4 Å². The van der Waals surface area contributed by atoms with Gasteiger partial charge < -0.3 is 14.8 Å². The molecule has 2 aliphatic heterocycles. The largest absolute Gasteiger partial charge is 0.460 e. The van der Waals surface area contributed by atoms with Gasteiger partial charge in [-0.15, -0.1) is 0 Å². The van der Waals surface area contributed by atoms with Crippen LogP contribution in [0.4, 0.5) is 5.82 Å². The zero-order chi connectivity index (χ0) is 14.8. The standard InChI is InChI=1S/C13H19N5O3/c1-8-15-9(2-3-18-4-6-20-7-5-18)10-12(16-8)17-13(19)11(14)21-10/h11H,2-7,14H2,1H3,(H,15,16,17,19). The number of nitrogens with one attached hydrogen (secondary N) is 1. The van der Waals surface area contributed by atoms with E-state index in [1.165, 1.54) is 0 Å². The minimum atomic E-state index is -1.01. The van der Waals surface area contributed by atoms with Gasteiger partial charge in [0.05, 0.1) is 18.9 Å². The van der Waals surface area contributed by atoms with Crippen LogP contribution in [0.5, 0.6) is 5.75 Å². The van der Waals surface area contributed by atoms with Crippen molar-refractivity contribution in [1.29, 1.82) is 0 Å². The van der Waals surface area contributed by atoms with Crippen LogP contribution in [-0.2, 0) is 16.0 Å². The topological polar surface area (TPSA) is 103 Å². The Morgan fingerprint density at radius 2 is 2.14 bits per heavy atom. The molecular weight excluding hydrogens is 274 g/mol. The summed E-state index contributed by atoms with van der Waals surface area (Å²) in [6.45, 7) is 6.02. The molecule has 0 aromatic carbocycles. The first-order valence-electron chi connectivity index (χ1n) is 7.04. The van der Waals surface area contributed by atoms with Crippen molar-refractivity contribution in [3.63, 3.8) is 0 Å². The third-order valence-electron chi connectivity index (χ3n) is 3.56. The Kier molecular flexibility index (Phi) is 4.00. The second-order valence-electron chi connectivity index (χ2n) is 5.13. The average molecular weight is 293 g/mol. The van der Waals surface area contributed by atoms with Crippen LogP contribution >= 0.6 is 0 Å². The van der Waals surface area contributed by atoms with Gasteiger partial charge in [-0.2, -0.15) is 0 Å². The number of aromatic nitrogens is 2. The van der Waals surface area contributed by atoms with Crippen molar-refractivity contribution in [3.8, 4) is 5.75 Å². The molecule has 0 radical (unpaired) electrons. The van der Waals surface area contributed by atoms with Crippen LogP contribution in [0.3, 0.4) is 0 Å². The number of hydrogen-bond acceptors (Lipinski definition) is 7. The second-order valence-corrected chi connectivity index (χ2v) is 5.13. The minimum absolute atomic E-state index is 0.389. The van der Waals surface area contributed by atoms with Crippen molar-refractivity contribution in [3.05, 3.63) is 11.5 Å². The van der Waals surface area contributed by atoms with E-state index >= 15 is 0 Å². The number of rotatable bonds is 3. The number of morpholine rings is 1. The molecule has 21 heavy (non-hydrogen) atoms. The second kappa shape index (κ2) is 5.92.